The molecule has 2 aromatic heterocycles. The topological polar surface area (TPSA) is 62.2 Å². The molecule has 188 valence electrons. The number of nitrogens with zero attached hydrogens (tertiary/aromatic N) is 3. The molecule has 1 aliphatic rings. The van der Waals surface area contributed by atoms with Crippen molar-refractivity contribution in [2.75, 3.05) is 11.9 Å². The Hall–Kier alpha value is -3.75. The maximum Gasteiger partial charge on any atom is 0.226 e. The summed E-state index contributed by atoms with van der Waals surface area (Å²) in [5, 5.41) is 6.98. The van der Waals surface area contributed by atoms with Gasteiger partial charge in [-0.3, -0.25) is 9.78 Å². The fourth-order valence-corrected chi connectivity index (χ4v) is 5.13. The molecule has 0 unspecified atom stereocenters. The van der Waals surface area contributed by atoms with Crippen molar-refractivity contribution in [3.05, 3.63) is 113 Å². The molecule has 3 heterocycles. The fourth-order valence-electron chi connectivity index (χ4n) is 4.62. The molecule has 37 heavy (non-hydrogen) atoms. The first-order valence-corrected chi connectivity index (χ1v) is 12.7. The Balaban J connectivity index is 1.46. The molecule has 1 amide bonds. The van der Waals surface area contributed by atoms with Gasteiger partial charge in [0, 0.05) is 42.4 Å². The lowest BCUT2D eigenvalue weighted by molar-refractivity contribution is -0.116. The molecule has 0 spiro atoms. The van der Waals surface area contributed by atoms with Crippen LogP contribution in [0, 0.1) is 12.7 Å². The van der Waals surface area contributed by atoms with Crippen molar-refractivity contribution >= 4 is 40.5 Å². The minimum Gasteiger partial charge on any atom is -0.352 e. The number of halogens is 2. The van der Waals surface area contributed by atoms with Gasteiger partial charge in [-0.15, -0.1) is 0 Å². The highest BCUT2D eigenvalue weighted by atomic mass is 35.5. The molecule has 0 radical (unpaired) electrons. The zero-order chi connectivity index (χ0) is 25.9. The quantitative estimate of drug-likeness (QED) is 0.286. The number of rotatable bonds is 7. The number of aryl methyl sites for hydroxylation is 1. The van der Waals surface area contributed by atoms with E-state index in [1.807, 2.05) is 77.2 Å². The SMILES string of the molecule is Cc1ccccc1NC(=O)CCN1C(=S)N[C@@H](c2ccccn2)[C@@H]1c1cccn1-c1ccc(F)c(Cl)c1. The Morgan fingerprint density at radius 3 is 2.70 bits per heavy atom. The van der Waals surface area contributed by atoms with Gasteiger partial charge in [-0.2, -0.15) is 0 Å². The summed E-state index contributed by atoms with van der Waals surface area (Å²) >= 11 is 11.8. The number of amides is 1. The van der Waals surface area contributed by atoms with E-state index in [9.17, 15) is 9.18 Å². The Bertz CT molecular complexity index is 1440. The number of benzene rings is 2. The lowest BCUT2D eigenvalue weighted by Crippen LogP contribution is -2.33. The lowest BCUT2D eigenvalue weighted by atomic mass is 10.0. The van der Waals surface area contributed by atoms with Crippen LogP contribution in [-0.4, -0.2) is 32.0 Å². The van der Waals surface area contributed by atoms with Gasteiger partial charge in [0.15, 0.2) is 5.11 Å². The maximum atomic E-state index is 13.9. The summed E-state index contributed by atoms with van der Waals surface area (Å²) in [5.74, 6) is -0.576. The normalized spacial score (nSPS) is 17.1. The molecule has 2 N–H and O–H groups in total. The number of aromatic nitrogens is 2. The van der Waals surface area contributed by atoms with Crippen molar-refractivity contribution in [2.45, 2.75) is 25.4 Å². The van der Waals surface area contributed by atoms with Crippen molar-refractivity contribution in [2.24, 2.45) is 0 Å². The minimum absolute atomic E-state index is 0.0447. The van der Waals surface area contributed by atoms with Crippen LogP contribution >= 0.6 is 23.8 Å². The largest absolute Gasteiger partial charge is 0.352 e. The summed E-state index contributed by atoms with van der Waals surface area (Å²) in [6, 6.07) is 21.4. The molecule has 6 nitrogen and oxygen atoms in total. The van der Waals surface area contributed by atoms with Crippen LogP contribution in [0.4, 0.5) is 10.1 Å². The number of thiocarbonyl (C=S) groups is 1. The van der Waals surface area contributed by atoms with E-state index in [0.29, 0.717) is 11.7 Å². The van der Waals surface area contributed by atoms with Crippen molar-refractivity contribution in [1.82, 2.24) is 19.8 Å². The number of hydrogen-bond donors (Lipinski definition) is 2. The molecule has 9 heteroatoms. The summed E-state index contributed by atoms with van der Waals surface area (Å²) in [6.45, 7) is 2.35. The van der Waals surface area contributed by atoms with Gasteiger partial charge in [0.25, 0.3) is 0 Å². The monoisotopic (exact) mass is 533 g/mol. The third-order valence-corrected chi connectivity index (χ3v) is 7.10. The molecule has 0 bridgehead atoms. The molecular weight excluding hydrogens is 509 g/mol. The zero-order valence-corrected chi connectivity index (χ0v) is 21.6. The van der Waals surface area contributed by atoms with E-state index in [0.717, 1.165) is 28.3 Å². The van der Waals surface area contributed by atoms with Gasteiger partial charge >= 0.3 is 0 Å². The van der Waals surface area contributed by atoms with Crippen LogP contribution in [0.3, 0.4) is 0 Å². The number of para-hydroxylation sites is 1. The van der Waals surface area contributed by atoms with Crippen molar-refractivity contribution < 1.29 is 9.18 Å². The number of carbonyl (C=O) groups excluding carboxylic acids is 1. The Kier molecular flexibility index (Phi) is 7.21. The number of carbonyl (C=O) groups is 1. The molecule has 1 saturated heterocycles. The van der Waals surface area contributed by atoms with Crippen LogP contribution in [0.25, 0.3) is 5.69 Å². The predicted molar refractivity (Wildman–Crippen MR) is 147 cm³/mol. The van der Waals surface area contributed by atoms with Crippen LogP contribution in [0.15, 0.2) is 85.2 Å². The van der Waals surface area contributed by atoms with Gasteiger partial charge in [-0.05, 0) is 73.2 Å². The third-order valence-electron chi connectivity index (χ3n) is 6.46. The number of nitrogens with one attached hydrogen (secondary N) is 2. The smallest absolute Gasteiger partial charge is 0.226 e. The number of pyridine rings is 1. The van der Waals surface area contributed by atoms with Crippen molar-refractivity contribution in [3.63, 3.8) is 0 Å². The van der Waals surface area contributed by atoms with E-state index in [2.05, 4.69) is 15.6 Å². The van der Waals surface area contributed by atoms with Gasteiger partial charge in [0.2, 0.25) is 5.91 Å². The summed E-state index contributed by atoms with van der Waals surface area (Å²) in [4.78, 5) is 19.4. The van der Waals surface area contributed by atoms with Crippen molar-refractivity contribution in [3.8, 4) is 5.69 Å². The third kappa shape index (κ3) is 5.21. The van der Waals surface area contributed by atoms with E-state index in [4.69, 9.17) is 23.8 Å². The molecule has 1 aliphatic heterocycles. The Morgan fingerprint density at radius 2 is 1.95 bits per heavy atom. The fraction of sp³-hybridized carbons (Fsp3) is 0.179. The van der Waals surface area contributed by atoms with E-state index in [-0.39, 0.29) is 29.4 Å². The number of hydrogen-bond acceptors (Lipinski definition) is 3. The molecule has 1 fully saturated rings. The van der Waals surface area contributed by atoms with Gasteiger partial charge < -0.3 is 20.1 Å². The first-order valence-electron chi connectivity index (χ1n) is 11.9. The highest BCUT2D eigenvalue weighted by Crippen LogP contribution is 2.39. The van der Waals surface area contributed by atoms with Crippen LogP contribution in [0.1, 0.15) is 35.5 Å². The Labute approximate surface area is 225 Å². The minimum atomic E-state index is -0.476. The van der Waals surface area contributed by atoms with Crippen LogP contribution in [0.2, 0.25) is 5.02 Å². The highest BCUT2D eigenvalue weighted by molar-refractivity contribution is 7.80. The van der Waals surface area contributed by atoms with Crippen LogP contribution in [0.5, 0.6) is 0 Å². The van der Waals surface area contributed by atoms with Gasteiger partial charge in [0.05, 0.1) is 22.8 Å². The maximum absolute atomic E-state index is 13.9. The molecule has 4 aromatic rings. The summed E-state index contributed by atoms with van der Waals surface area (Å²) in [6.07, 6.45) is 3.89. The molecule has 5 rings (SSSR count). The van der Waals surface area contributed by atoms with E-state index in [1.165, 1.54) is 6.07 Å². The van der Waals surface area contributed by atoms with Gasteiger partial charge in [-0.1, -0.05) is 35.9 Å². The lowest BCUT2D eigenvalue weighted by Gasteiger charge is -2.29. The predicted octanol–water partition coefficient (Wildman–Crippen LogP) is 5.97. The van der Waals surface area contributed by atoms with Crippen molar-refractivity contribution in [1.29, 1.82) is 0 Å². The first-order chi connectivity index (χ1) is 17.9. The molecular formula is C28H25ClFN5OS. The molecule has 0 saturated carbocycles. The first kappa shape index (κ1) is 24.9. The van der Waals surface area contributed by atoms with Crippen LogP contribution in [-0.2, 0) is 4.79 Å². The van der Waals surface area contributed by atoms with Gasteiger partial charge in [0.1, 0.15) is 5.82 Å². The highest BCUT2D eigenvalue weighted by Gasteiger charge is 2.41. The second-order valence-corrected chi connectivity index (χ2v) is 9.63. The number of anilines is 1. The molecule has 2 atom stereocenters. The summed E-state index contributed by atoms with van der Waals surface area (Å²) < 4.78 is 15.8. The summed E-state index contributed by atoms with van der Waals surface area (Å²) in [7, 11) is 0. The average molecular weight is 534 g/mol. The molecule has 0 aliphatic carbocycles. The van der Waals surface area contributed by atoms with E-state index in [1.54, 1.807) is 18.3 Å². The van der Waals surface area contributed by atoms with Gasteiger partial charge in [-0.25, -0.2) is 4.39 Å². The van der Waals surface area contributed by atoms with E-state index < -0.39 is 5.82 Å². The van der Waals surface area contributed by atoms with E-state index >= 15 is 0 Å². The summed E-state index contributed by atoms with van der Waals surface area (Å²) in [5.41, 5.74) is 4.25. The second-order valence-electron chi connectivity index (χ2n) is 8.83. The molecule has 2 aromatic carbocycles. The standard InChI is InChI=1S/C28H25ClFN5OS/c1-18-7-2-3-8-22(18)32-25(36)13-16-35-27(26(33-28(35)37)23-9-4-5-14-31-23)24-10-6-15-34(24)19-11-12-21(30)20(29)17-19/h2-12,14-15,17,26-27H,13,16H2,1H3,(H,32,36)(H,33,37)/t26-,27-/m0/s1. The Morgan fingerprint density at radius 1 is 1.14 bits per heavy atom. The zero-order valence-electron chi connectivity index (χ0n) is 20.1. The van der Waals surface area contributed by atoms with Crippen LogP contribution < -0.4 is 10.6 Å². The second kappa shape index (κ2) is 10.7. The average Bonchev–Trinajstić information content (AvgIpc) is 3.50.